The highest BCUT2D eigenvalue weighted by Gasteiger charge is 2.18. The van der Waals surface area contributed by atoms with E-state index in [2.05, 4.69) is 59.3 Å². The SMILES string of the molecule is Cc1ccc2c(C(=Nc3ccc(CN4CCCCC4)cc3)c3ccccc3)c(O)[nH]c2c1. The van der Waals surface area contributed by atoms with Gasteiger partial charge in [0, 0.05) is 23.0 Å². The summed E-state index contributed by atoms with van der Waals surface area (Å²) in [6.07, 6.45) is 3.96. The molecule has 0 bridgehead atoms. The van der Waals surface area contributed by atoms with E-state index in [9.17, 15) is 5.11 Å². The number of benzene rings is 3. The molecule has 1 aromatic heterocycles. The normalized spacial score (nSPS) is 15.3. The minimum Gasteiger partial charge on any atom is -0.494 e. The van der Waals surface area contributed by atoms with E-state index in [0.717, 1.165) is 45.5 Å². The number of aliphatic imine (C=N–C) groups is 1. The van der Waals surface area contributed by atoms with Crippen LogP contribution in [-0.2, 0) is 6.54 Å². The van der Waals surface area contributed by atoms with Gasteiger partial charge in [-0.1, -0.05) is 61.0 Å². The zero-order chi connectivity index (χ0) is 21.9. The van der Waals surface area contributed by atoms with Crippen molar-refractivity contribution in [2.45, 2.75) is 32.7 Å². The average molecular weight is 424 g/mol. The molecule has 0 saturated carbocycles. The third-order valence-electron chi connectivity index (χ3n) is 6.25. The van der Waals surface area contributed by atoms with Gasteiger partial charge < -0.3 is 10.1 Å². The highest BCUT2D eigenvalue weighted by Crippen LogP contribution is 2.32. The van der Waals surface area contributed by atoms with Crippen LogP contribution in [0.3, 0.4) is 0 Å². The van der Waals surface area contributed by atoms with E-state index in [0.29, 0.717) is 0 Å². The number of aromatic hydroxyl groups is 1. The maximum Gasteiger partial charge on any atom is 0.199 e. The number of H-pyrrole nitrogens is 1. The molecule has 0 spiro atoms. The Labute approximate surface area is 189 Å². The standard InChI is InChI=1S/C28H29N3O/c1-20-10-15-24-25(18-20)30-28(32)26(24)27(22-8-4-2-5-9-22)29-23-13-11-21(12-14-23)19-31-16-6-3-7-17-31/h2,4-5,8-15,18,30,32H,3,6-7,16-17,19H2,1H3. The number of aromatic nitrogens is 1. The Bertz CT molecular complexity index is 1230. The van der Waals surface area contributed by atoms with E-state index in [1.165, 1.54) is 37.9 Å². The molecule has 0 atom stereocenters. The fraction of sp³-hybridized carbons (Fsp3) is 0.250. The number of nitrogens with one attached hydrogen (secondary N) is 1. The van der Waals surface area contributed by atoms with Crippen molar-refractivity contribution in [3.63, 3.8) is 0 Å². The fourth-order valence-corrected chi connectivity index (χ4v) is 4.58. The molecule has 1 aliphatic rings. The largest absolute Gasteiger partial charge is 0.494 e. The molecule has 0 amide bonds. The van der Waals surface area contributed by atoms with Gasteiger partial charge in [-0.3, -0.25) is 4.90 Å². The van der Waals surface area contributed by atoms with Crippen LogP contribution in [0.1, 0.15) is 41.5 Å². The predicted octanol–water partition coefficient (Wildman–Crippen LogP) is 6.34. The van der Waals surface area contributed by atoms with Gasteiger partial charge in [0.05, 0.1) is 17.0 Å². The fourth-order valence-electron chi connectivity index (χ4n) is 4.58. The summed E-state index contributed by atoms with van der Waals surface area (Å²) in [5.74, 6) is 0.148. The highest BCUT2D eigenvalue weighted by molar-refractivity contribution is 6.21. The number of hydrogen-bond donors (Lipinski definition) is 2. The quantitative estimate of drug-likeness (QED) is 0.368. The summed E-state index contributed by atoms with van der Waals surface area (Å²) in [6, 6.07) is 24.8. The molecule has 3 aromatic carbocycles. The van der Waals surface area contributed by atoms with E-state index in [1.807, 2.05) is 30.3 Å². The Hall–Kier alpha value is -3.37. The van der Waals surface area contributed by atoms with Gasteiger partial charge >= 0.3 is 0 Å². The first kappa shape index (κ1) is 20.5. The summed E-state index contributed by atoms with van der Waals surface area (Å²) in [6.45, 7) is 5.43. The molecule has 0 aliphatic carbocycles. The summed E-state index contributed by atoms with van der Waals surface area (Å²) >= 11 is 0. The van der Waals surface area contributed by atoms with Gasteiger partial charge in [0.25, 0.3) is 0 Å². The lowest BCUT2D eigenvalue weighted by Crippen LogP contribution is -2.28. The minimum absolute atomic E-state index is 0.148. The summed E-state index contributed by atoms with van der Waals surface area (Å²) in [7, 11) is 0. The summed E-state index contributed by atoms with van der Waals surface area (Å²) < 4.78 is 0. The first-order valence-corrected chi connectivity index (χ1v) is 11.4. The lowest BCUT2D eigenvalue weighted by molar-refractivity contribution is 0.221. The molecule has 1 saturated heterocycles. The summed E-state index contributed by atoms with van der Waals surface area (Å²) in [5.41, 5.74) is 6.74. The van der Waals surface area contributed by atoms with Gasteiger partial charge in [0.1, 0.15) is 0 Å². The Balaban J connectivity index is 1.53. The monoisotopic (exact) mass is 423 g/mol. The molecule has 4 aromatic rings. The van der Waals surface area contributed by atoms with Gasteiger partial charge in [-0.15, -0.1) is 0 Å². The van der Waals surface area contributed by atoms with Gasteiger partial charge in [0.2, 0.25) is 0 Å². The number of aryl methyl sites for hydroxylation is 1. The molecule has 2 heterocycles. The molecular weight excluding hydrogens is 394 g/mol. The first-order valence-electron chi connectivity index (χ1n) is 11.4. The van der Waals surface area contributed by atoms with E-state index in [4.69, 9.17) is 4.99 Å². The van der Waals surface area contributed by atoms with Crippen LogP contribution in [0.4, 0.5) is 5.69 Å². The van der Waals surface area contributed by atoms with Crippen molar-refractivity contribution in [1.82, 2.24) is 9.88 Å². The molecule has 0 unspecified atom stereocenters. The molecule has 162 valence electrons. The number of hydrogen-bond acceptors (Lipinski definition) is 3. The number of nitrogens with zero attached hydrogens (tertiary/aromatic N) is 2. The first-order chi connectivity index (χ1) is 15.7. The van der Waals surface area contributed by atoms with Gasteiger partial charge in [-0.2, -0.15) is 0 Å². The van der Waals surface area contributed by atoms with E-state index >= 15 is 0 Å². The Kier molecular flexibility index (Phi) is 5.78. The molecule has 32 heavy (non-hydrogen) atoms. The zero-order valence-electron chi connectivity index (χ0n) is 18.5. The molecule has 4 heteroatoms. The second-order valence-electron chi connectivity index (χ2n) is 8.73. The average Bonchev–Trinajstić information content (AvgIpc) is 3.14. The maximum absolute atomic E-state index is 10.8. The topological polar surface area (TPSA) is 51.6 Å². The van der Waals surface area contributed by atoms with Crippen molar-refractivity contribution < 1.29 is 5.11 Å². The molecule has 0 radical (unpaired) electrons. The third kappa shape index (κ3) is 4.32. The third-order valence-corrected chi connectivity index (χ3v) is 6.25. The van der Waals surface area contributed by atoms with E-state index < -0.39 is 0 Å². The lowest BCUT2D eigenvalue weighted by atomic mass is 10.00. The number of aromatic amines is 1. The van der Waals surface area contributed by atoms with Crippen molar-refractivity contribution in [2.75, 3.05) is 13.1 Å². The van der Waals surface area contributed by atoms with Crippen LogP contribution in [0.2, 0.25) is 0 Å². The Morgan fingerprint density at radius 2 is 1.69 bits per heavy atom. The van der Waals surface area contributed by atoms with Crippen molar-refractivity contribution >= 4 is 22.3 Å². The van der Waals surface area contributed by atoms with Crippen LogP contribution >= 0.6 is 0 Å². The van der Waals surface area contributed by atoms with Crippen molar-refractivity contribution in [3.8, 4) is 5.88 Å². The number of likely N-dealkylation sites (tertiary alicyclic amines) is 1. The van der Waals surface area contributed by atoms with Crippen molar-refractivity contribution in [2.24, 2.45) is 4.99 Å². The summed E-state index contributed by atoms with van der Waals surface area (Å²) in [4.78, 5) is 10.7. The van der Waals surface area contributed by atoms with Crippen LogP contribution in [0, 0.1) is 6.92 Å². The lowest BCUT2D eigenvalue weighted by Gasteiger charge is -2.26. The molecule has 1 fully saturated rings. The minimum atomic E-state index is 0.148. The van der Waals surface area contributed by atoms with Crippen LogP contribution in [-0.4, -0.2) is 33.8 Å². The van der Waals surface area contributed by atoms with Crippen LogP contribution in [0.5, 0.6) is 5.88 Å². The van der Waals surface area contributed by atoms with Gasteiger partial charge in [0.15, 0.2) is 5.88 Å². The van der Waals surface area contributed by atoms with E-state index in [-0.39, 0.29) is 5.88 Å². The van der Waals surface area contributed by atoms with Crippen LogP contribution < -0.4 is 0 Å². The molecule has 2 N–H and O–H groups in total. The van der Waals surface area contributed by atoms with Crippen LogP contribution in [0.25, 0.3) is 10.9 Å². The van der Waals surface area contributed by atoms with E-state index in [1.54, 1.807) is 0 Å². The molecular formula is C28H29N3O. The highest BCUT2D eigenvalue weighted by atomic mass is 16.3. The van der Waals surface area contributed by atoms with Crippen LogP contribution in [0.15, 0.2) is 77.8 Å². The maximum atomic E-state index is 10.8. The van der Waals surface area contributed by atoms with Gasteiger partial charge in [-0.25, -0.2) is 4.99 Å². The number of fused-ring (bicyclic) bond motifs is 1. The molecule has 1 aliphatic heterocycles. The summed E-state index contributed by atoms with van der Waals surface area (Å²) in [5, 5.41) is 11.8. The Morgan fingerprint density at radius 3 is 2.44 bits per heavy atom. The smallest absolute Gasteiger partial charge is 0.199 e. The van der Waals surface area contributed by atoms with Crippen molar-refractivity contribution in [1.29, 1.82) is 0 Å². The number of rotatable bonds is 5. The Morgan fingerprint density at radius 1 is 0.938 bits per heavy atom. The predicted molar refractivity (Wildman–Crippen MR) is 132 cm³/mol. The second-order valence-corrected chi connectivity index (χ2v) is 8.73. The molecule has 5 rings (SSSR count). The molecule has 4 nitrogen and oxygen atoms in total. The second kappa shape index (κ2) is 9.01. The van der Waals surface area contributed by atoms with Crippen molar-refractivity contribution in [3.05, 3.63) is 95.1 Å². The number of piperidine rings is 1. The van der Waals surface area contributed by atoms with Gasteiger partial charge in [-0.05, 0) is 62.2 Å². The zero-order valence-corrected chi connectivity index (χ0v) is 18.5.